The minimum Gasteiger partial charge on any atom is -0.479 e. The number of hydrogen-bond acceptors (Lipinski definition) is 6. The summed E-state index contributed by atoms with van der Waals surface area (Å²) in [6.07, 6.45) is -0.883. The molecule has 0 fully saturated rings. The van der Waals surface area contributed by atoms with E-state index in [1.165, 1.54) is 0 Å². The van der Waals surface area contributed by atoms with Crippen LogP contribution in [0.5, 0.6) is 0 Å². The minimum absolute atomic E-state index is 0.0330. The molecule has 1 amide bonds. The number of rotatable bonds is 6. The molecule has 7 nitrogen and oxygen atoms in total. The van der Waals surface area contributed by atoms with Crippen LogP contribution in [-0.4, -0.2) is 44.3 Å². The summed E-state index contributed by atoms with van der Waals surface area (Å²) < 4.78 is 3.67. The molecule has 1 aromatic heterocycles. The number of aromatic nitrogens is 2. The van der Waals surface area contributed by atoms with Crippen LogP contribution in [-0.2, 0) is 11.2 Å². The quantitative estimate of drug-likeness (QED) is 0.644. The Hall–Kier alpha value is -1.54. The summed E-state index contributed by atoms with van der Waals surface area (Å²) in [6, 6.07) is 0. The Bertz CT molecular complexity index is 407. The maximum atomic E-state index is 11.6. The minimum atomic E-state index is -1.46. The van der Waals surface area contributed by atoms with Crippen molar-refractivity contribution in [1.29, 1.82) is 0 Å². The molecule has 1 rings (SSSR count). The molecule has 1 atom stereocenters. The van der Waals surface area contributed by atoms with Gasteiger partial charge in [-0.25, -0.2) is 4.79 Å². The SMILES string of the molecule is CCc1nnsc1C(=O)NCCC(O)C(=O)O. The van der Waals surface area contributed by atoms with Crippen molar-refractivity contribution in [3.8, 4) is 0 Å². The first-order valence-electron chi connectivity index (χ1n) is 5.06. The number of hydrogen-bond donors (Lipinski definition) is 3. The van der Waals surface area contributed by atoms with Gasteiger partial charge in [0.05, 0.1) is 5.69 Å². The molecule has 0 aromatic carbocycles. The van der Waals surface area contributed by atoms with Gasteiger partial charge in [-0.1, -0.05) is 11.4 Å². The zero-order valence-electron chi connectivity index (χ0n) is 9.21. The Balaban J connectivity index is 2.43. The van der Waals surface area contributed by atoms with Gasteiger partial charge in [-0.3, -0.25) is 4.79 Å². The van der Waals surface area contributed by atoms with Crippen LogP contribution in [0, 0.1) is 0 Å². The molecule has 1 heterocycles. The van der Waals surface area contributed by atoms with Gasteiger partial charge in [-0.15, -0.1) is 5.10 Å². The number of amides is 1. The van der Waals surface area contributed by atoms with Crippen LogP contribution >= 0.6 is 11.5 Å². The maximum Gasteiger partial charge on any atom is 0.332 e. The highest BCUT2D eigenvalue weighted by Gasteiger charge is 2.16. The summed E-state index contributed by atoms with van der Waals surface area (Å²) in [5.74, 6) is -1.64. The van der Waals surface area contributed by atoms with Gasteiger partial charge in [0.1, 0.15) is 4.88 Å². The molecule has 0 saturated carbocycles. The number of carboxylic acid groups (broad SMARTS) is 1. The molecule has 0 bridgehead atoms. The normalized spacial score (nSPS) is 12.1. The lowest BCUT2D eigenvalue weighted by molar-refractivity contribution is -0.146. The van der Waals surface area contributed by atoms with E-state index in [-0.39, 0.29) is 18.9 Å². The first kappa shape index (κ1) is 13.5. The lowest BCUT2D eigenvalue weighted by Crippen LogP contribution is -2.30. The molecular weight excluding hydrogens is 246 g/mol. The fraction of sp³-hybridized carbons (Fsp3) is 0.556. The average Bonchev–Trinajstić information content (AvgIpc) is 2.76. The predicted octanol–water partition coefficient (Wildman–Crippen LogP) is -0.334. The summed E-state index contributed by atoms with van der Waals surface area (Å²) >= 11 is 0.995. The maximum absolute atomic E-state index is 11.6. The van der Waals surface area contributed by atoms with Gasteiger partial charge >= 0.3 is 5.97 Å². The van der Waals surface area contributed by atoms with Crippen molar-refractivity contribution in [3.05, 3.63) is 10.6 Å². The third-order valence-electron chi connectivity index (χ3n) is 2.09. The molecule has 0 aliphatic heterocycles. The monoisotopic (exact) mass is 259 g/mol. The fourth-order valence-corrected chi connectivity index (χ4v) is 1.81. The molecule has 3 N–H and O–H groups in total. The van der Waals surface area contributed by atoms with Gasteiger partial charge in [0.25, 0.3) is 5.91 Å². The third kappa shape index (κ3) is 3.75. The van der Waals surface area contributed by atoms with E-state index in [9.17, 15) is 9.59 Å². The van der Waals surface area contributed by atoms with Crippen molar-refractivity contribution in [3.63, 3.8) is 0 Å². The first-order chi connectivity index (χ1) is 8.06. The van der Waals surface area contributed by atoms with E-state index in [0.717, 1.165) is 11.5 Å². The lowest BCUT2D eigenvalue weighted by Gasteiger charge is -2.06. The van der Waals surface area contributed by atoms with Crippen molar-refractivity contribution in [2.75, 3.05) is 6.54 Å². The number of aliphatic hydroxyl groups is 1. The molecule has 0 spiro atoms. The van der Waals surface area contributed by atoms with Gasteiger partial charge < -0.3 is 15.5 Å². The summed E-state index contributed by atoms with van der Waals surface area (Å²) in [5.41, 5.74) is 0.617. The number of carboxylic acids is 1. The van der Waals surface area contributed by atoms with E-state index in [2.05, 4.69) is 14.9 Å². The second-order valence-corrected chi connectivity index (χ2v) is 4.06. The van der Waals surface area contributed by atoms with Crippen molar-refractivity contribution >= 4 is 23.4 Å². The summed E-state index contributed by atoms with van der Waals surface area (Å²) in [4.78, 5) is 22.4. The summed E-state index contributed by atoms with van der Waals surface area (Å²) in [7, 11) is 0. The zero-order chi connectivity index (χ0) is 12.8. The van der Waals surface area contributed by atoms with Crippen molar-refractivity contribution in [2.24, 2.45) is 0 Å². The molecule has 94 valence electrons. The highest BCUT2D eigenvalue weighted by atomic mass is 32.1. The number of nitrogens with zero attached hydrogens (tertiary/aromatic N) is 2. The van der Waals surface area contributed by atoms with Crippen LogP contribution in [0.15, 0.2) is 0 Å². The van der Waals surface area contributed by atoms with Gasteiger partial charge in [0.15, 0.2) is 6.10 Å². The predicted molar refractivity (Wildman–Crippen MR) is 59.9 cm³/mol. The second kappa shape index (κ2) is 6.26. The van der Waals surface area contributed by atoms with Gasteiger partial charge in [-0.05, 0) is 18.0 Å². The van der Waals surface area contributed by atoms with Crippen LogP contribution in [0.1, 0.15) is 28.7 Å². The van der Waals surface area contributed by atoms with E-state index < -0.39 is 12.1 Å². The number of aliphatic hydroxyl groups excluding tert-OH is 1. The molecular formula is C9H13N3O4S. The van der Waals surface area contributed by atoms with Gasteiger partial charge in [0, 0.05) is 13.0 Å². The van der Waals surface area contributed by atoms with Crippen molar-refractivity contribution in [2.45, 2.75) is 25.9 Å². The Morgan fingerprint density at radius 3 is 2.82 bits per heavy atom. The standard InChI is InChI=1S/C9H13N3O4S/c1-2-5-7(17-12-11-5)8(14)10-4-3-6(13)9(15)16/h6,13H,2-4H2,1H3,(H,10,14)(H,15,16). The lowest BCUT2D eigenvalue weighted by atomic mass is 10.2. The topological polar surface area (TPSA) is 112 Å². The Morgan fingerprint density at radius 1 is 1.53 bits per heavy atom. The number of aryl methyl sites for hydroxylation is 1. The van der Waals surface area contributed by atoms with E-state index in [1.54, 1.807) is 0 Å². The molecule has 1 aromatic rings. The first-order valence-corrected chi connectivity index (χ1v) is 5.83. The van der Waals surface area contributed by atoms with Crippen molar-refractivity contribution < 1.29 is 19.8 Å². The highest BCUT2D eigenvalue weighted by Crippen LogP contribution is 2.10. The molecule has 1 unspecified atom stereocenters. The van der Waals surface area contributed by atoms with E-state index in [4.69, 9.17) is 10.2 Å². The fourth-order valence-electron chi connectivity index (χ4n) is 1.14. The Kier molecular flexibility index (Phi) is 4.98. The van der Waals surface area contributed by atoms with E-state index >= 15 is 0 Å². The number of carbonyl (C=O) groups excluding carboxylic acids is 1. The molecule has 0 saturated heterocycles. The van der Waals surface area contributed by atoms with Gasteiger partial charge in [-0.2, -0.15) is 0 Å². The largest absolute Gasteiger partial charge is 0.479 e. The highest BCUT2D eigenvalue weighted by molar-refractivity contribution is 7.08. The summed E-state index contributed by atoms with van der Waals surface area (Å²) in [6.45, 7) is 1.95. The molecule has 0 aliphatic carbocycles. The summed E-state index contributed by atoms with van der Waals surface area (Å²) in [5, 5.41) is 23.7. The molecule has 8 heteroatoms. The number of nitrogens with one attached hydrogen (secondary N) is 1. The van der Waals surface area contributed by atoms with Crippen LogP contribution in [0.3, 0.4) is 0 Å². The third-order valence-corrected chi connectivity index (χ3v) is 2.85. The number of aliphatic carboxylic acids is 1. The van der Waals surface area contributed by atoms with E-state index in [1.807, 2.05) is 6.92 Å². The molecule has 0 aliphatic rings. The molecule has 17 heavy (non-hydrogen) atoms. The molecule has 0 radical (unpaired) electrons. The van der Waals surface area contributed by atoms with Crippen LogP contribution < -0.4 is 5.32 Å². The Labute approximate surface area is 102 Å². The number of carbonyl (C=O) groups is 2. The smallest absolute Gasteiger partial charge is 0.332 e. The van der Waals surface area contributed by atoms with Crippen LogP contribution in [0.2, 0.25) is 0 Å². The van der Waals surface area contributed by atoms with Crippen LogP contribution in [0.4, 0.5) is 0 Å². The van der Waals surface area contributed by atoms with E-state index in [0.29, 0.717) is 17.0 Å². The van der Waals surface area contributed by atoms with Crippen molar-refractivity contribution in [1.82, 2.24) is 14.9 Å². The average molecular weight is 259 g/mol. The Morgan fingerprint density at radius 2 is 2.24 bits per heavy atom. The zero-order valence-corrected chi connectivity index (χ0v) is 10.0. The second-order valence-electron chi connectivity index (χ2n) is 3.30. The van der Waals surface area contributed by atoms with Gasteiger partial charge in [0.2, 0.25) is 0 Å². The van der Waals surface area contributed by atoms with Crippen LogP contribution in [0.25, 0.3) is 0 Å².